The Morgan fingerprint density at radius 1 is 0.875 bits per heavy atom. The number of piperazine rings is 1. The molecule has 0 N–H and O–H groups in total. The van der Waals surface area contributed by atoms with Crippen molar-refractivity contribution in [3.05, 3.63) is 77.1 Å². The Kier molecular flexibility index (Phi) is 7.67. The van der Waals surface area contributed by atoms with Gasteiger partial charge in [-0.15, -0.1) is 0 Å². The Hall–Kier alpha value is -3.93. The van der Waals surface area contributed by atoms with E-state index < -0.39 is 0 Å². The smallest absolute Gasteiger partial charge is 0.266 e. The zero-order chi connectivity index (χ0) is 27.5. The molecule has 0 saturated carbocycles. The van der Waals surface area contributed by atoms with Gasteiger partial charge in [-0.2, -0.15) is 10.2 Å². The van der Waals surface area contributed by atoms with Crippen molar-refractivity contribution in [1.29, 1.82) is 0 Å². The predicted molar refractivity (Wildman–Crippen MR) is 153 cm³/mol. The standard InChI is InChI=1S/C29H35N9O2/c1-34-9-11-36(12-10-34)18-22-3-5-23(6-4-22)24-15-30-29(31-16-24)37-13-14-40-26(20-37)21-38-28(39)8-7-27(33-38)25-17-32-35(2)19-25/h3-8,15-17,19,26H,9-14,18,20-21H2,1-2H3/t26-/m0/s1. The minimum Gasteiger partial charge on any atom is -0.373 e. The van der Waals surface area contributed by atoms with Gasteiger partial charge in [0.1, 0.15) is 0 Å². The second-order valence-corrected chi connectivity index (χ2v) is 10.6. The van der Waals surface area contributed by atoms with Gasteiger partial charge in [0.05, 0.1) is 31.1 Å². The summed E-state index contributed by atoms with van der Waals surface area (Å²) < 4.78 is 9.16. The van der Waals surface area contributed by atoms with Crippen LogP contribution in [0.2, 0.25) is 0 Å². The molecule has 0 aliphatic carbocycles. The molecule has 2 aliphatic heterocycles. The first-order valence-corrected chi connectivity index (χ1v) is 13.8. The van der Waals surface area contributed by atoms with Gasteiger partial charge >= 0.3 is 0 Å². The molecule has 4 aromatic rings. The number of aryl methyl sites for hydroxylation is 1. The van der Waals surface area contributed by atoms with Gasteiger partial charge in [-0.05, 0) is 24.2 Å². The van der Waals surface area contributed by atoms with E-state index >= 15 is 0 Å². The summed E-state index contributed by atoms with van der Waals surface area (Å²) in [6.07, 6.45) is 7.16. The maximum Gasteiger partial charge on any atom is 0.266 e. The molecule has 40 heavy (non-hydrogen) atoms. The van der Waals surface area contributed by atoms with E-state index in [0.29, 0.717) is 37.9 Å². The Labute approximate surface area is 233 Å². The zero-order valence-corrected chi connectivity index (χ0v) is 23.1. The highest BCUT2D eigenvalue weighted by molar-refractivity contribution is 5.62. The van der Waals surface area contributed by atoms with Crippen LogP contribution in [-0.2, 0) is 24.9 Å². The number of ether oxygens (including phenoxy) is 1. The first-order valence-electron chi connectivity index (χ1n) is 13.8. The van der Waals surface area contributed by atoms with E-state index in [1.165, 1.54) is 16.3 Å². The average molecular weight is 542 g/mol. The fraction of sp³-hybridized carbons (Fsp3) is 0.414. The quantitative estimate of drug-likeness (QED) is 0.347. The third-order valence-corrected chi connectivity index (χ3v) is 7.59. The molecule has 0 bridgehead atoms. The van der Waals surface area contributed by atoms with Crippen LogP contribution < -0.4 is 10.5 Å². The molecule has 2 saturated heterocycles. The normalized spacial score (nSPS) is 18.8. The molecule has 0 radical (unpaired) electrons. The van der Waals surface area contributed by atoms with Gasteiger partial charge < -0.3 is 14.5 Å². The molecule has 2 aliphatic rings. The first kappa shape index (κ1) is 26.3. The third kappa shape index (κ3) is 6.11. The van der Waals surface area contributed by atoms with Crippen molar-refractivity contribution in [2.45, 2.75) is 19.2 Å². The largest absolute Gasteiger partial charge is 0.373 e. The highest BCUT2D eigenvalue weighted by Gasteiger charge is 2.24. The summed E-state index contributed by atoms with van der Waals surface area (Å²) in [5, 5.41) is 8.75. The van der Waals surface area contributed by atoms with Crippen LogP contribution in [0.25, 0.3) is 22.4 Å². The van der Waals surface area contributed by atoms with Gasteiger partial charge in [-0.25, -0.2) is 14.6 Å². The van der Waals surface area contributed by atoms with Gasteiger partial charge in [-0.1, -0.05) is 24.3 Å². The summed E-state index contributed by atoms with van der Waals surface area (Å²) in [5.74, 6) is 0.660. The Morgan fingerprint density at radius 3 is 2.38 bits per heavy atom. The van der Waals surface area contributed by atoms with Crippen molar-refractivity contribution in [1.82, 2.24) is 39.3 Å². The molecule has 0 spiro atoms. The molecular weight excluding hydrogens is 506 g/mol. The molecule has 0 amide bonds. The lowest BCUT2D eigenvalue weighted by atomic mass is 10.1. The fourth-order valence-corrected chi connectivity index (χ4v) is 5.19. The van der Waals surface area contributed by atoms with Crippen molar-refractivity contribution < 1.29 is 4.74 Å². The molecular formula is C29H35N9O2. The van der Waals surface area contributed by atoms with E-state index in [2.05, 4.69) is 66.2 Å². The summed E-state index contributed by atoms with van der Waals surface area (Å²) in [4.78, 5) is 28.8. The molecule has 11 heteroatoms. The van der Waals surface area contributed by atoms with E-state index in [1.54, 1.807) is 16.9 Å². The molecule has 1 aromatic carbocycles. The van der Waals surface area contributed by atoms with Crippen LogP contribution in [0.5, 0.6) is 0 Å². The summed E-state index contributed by atoms with van der Waals surface area (Å²) in [6, 6.07) is 12.0. The summed E-state index contributed by atoms with van der Waals surface area (Å²) in [6.45, 7) is 7.60. The topological polar surface area (TPSA) is 97.4 Å². The highest BCUT2D eigenvalue weighted by atomic mass is 16.5. The summed E-state index contributed by atoms with van der Waals surface area (Å²) >= 11 is 0. The zero-order valence-electron chi connectivity index (χ0n) is 23.1. The van der Waals surface area contributed by atoms with Crippen molar-refractivity contribution in [3.63, 3.8) is 0 Å². The minimum absolute atomic E-state index is 0.163. The van der Waals surface area contributed by atoms with E-state index in [9.17, 15) is 4.79 Å². The Bertz CT molecular complexity index is 1470. The molecule has 6 rings (SSSR count). The molecule has 0 unspecified atom stereocenters. The van der Waals surface area contributed by atoms with E-state index in [4.69, 9.17) is 4.74 Å². The number of nitrogens with zero attached hydrogens (tertiary/aromatic N) is 9. The number of anilines is 1. The third-order valence-electron chi connectivity index (χ3n) is 7.59. The van der Waals surface area contributed by atoms with Crippen molar-refractivity contribution in [3.8, 4) is 22.4 Å². The number of rotatable bonds is 7. The summed E-state index contributed by atoms with van der Waals surface area (Å²) in [7, 11) is 4.03. The highest BCUT2D eigenvalue weighted by Crippen LogP contribution is 2.22. The predicted octanol–water partition coefficient (Wildman–Crippen LogP) is 1.75. The molecule has 5 heterocycles. The maximum absolute atomic E-state index is 12.5. The Balaban J connectivity index is 1.08. The molecule has 208 valence electrons. The molecule has 2 fully saturated rings. The van der Waals surface area contributed by atoms with Gasteiger partial charge in [0.15, 0.2) is 0 Å². The molecule has 3 aromatic heterocycles. The van der Waals surface area contributed by atoms with Gasteiger partial charge in [0.2, 0.25) is 5.95 Å². The van der Waals surface area contributed by atoms with Crippen LogP contribution in [0.3, 0.4) is 0 Å². The van der Waals surface area contributed by atoms with Gasteiger partial charge in [0, 0.05) is 88.6 Å². The average Bonchev–Trinajstić information content (AvgIpc) is 3.42. The summed E-state index contributed by atoms with van der Waals surface area (Å²) in [5.41, 5.74) is 4.82. The minimum atomic E-state index is -0.209. The Morgan fingerprint density at radius 2 is 1.65 bits per heavy atom. The molecule has 11 nitrogen and oxygen atoms in total. The number of aromatic nitrogens is 6. The number of likely N-dealkylation sites (N-methyl/N-ethyl adjacent to an activating group) is 1. The van der Waals surface area contributed by atoms with Crippen molar-refractivity contribution in [2.75, 3.05) is 57.8 Å². The lowest BCUT2D eigenvalue weighted by Gasteiger charge is -2.33. The second kappa shape index (κ2) is 11.7. The van der Waals surface area contributed by atoms with Crippen molar-refractivity contribution in [2.24, 2.45) is 7.05 Å². The van der Waals surface area contributed by atoms with Gasteiger partial charge in [-0.3, -0.25) is 14.4 Å². The van der Waals surface area contributed by atoms with Gasteiger partial charge in [0.25, 0.3) is 5.56 Å². The number of hydrogen-bond acceptors (Lipinski definition) is 9. The number of hydrogen-bond donors (Lipinski definition) is 0. The number of benzene rings is 1. The van der Waals surface area contributed by atoms with Crippen LogP contribution in [0.4, 0.5) is 5.95 Å². The monoisotopic (exact) mass is 541 g/mol. The van der Waals surface area contributed by atoms with Crippen LogP contribution in [0, 0.1) is 0 Å². The van der Waals surface area contributed by atoms with E-state index in [-0.39, 0.29) is 11.7 Å². The SMILES string of the molecule is CN1CCN(Cc2ccc(-c3cnc(N4CCO[C@H](Cn5nc(-c6cnn(C)c6)ccc5=O)C4)nc3)cc2)CC1. The van der Waals surface area contributed by atoms with Crippen LogP contribution in [-0.4, -0.2) is 98.4 Å². The first-order chi connectivity index (χ1) is 19.5. The fourth-order valence-electron chi connectivity index (χ4n) is 5.19. The maximum atomic E-state index is 12.5. The lowest BCUT2D eigenvalue weighted by molar-refractivity contribution is 0.0260. The lowest BCUT2D eigenvalue weighted by Crippen LogP contribution is -2.46. The number of morpholine rings is 1. The second-order valence-electron chi connectivity index (χ2n) is 10.6. The van der Waals surface area contributed by atoms with E-state index in [0.717, 1.165) is 49.4 Å². The van der Waals surface area contributed by atoms with Crippen LogP contribution in [0.15, 0.2) is 66.0 Å². The van der Waals surface area contributed by atoms with Crippen LogP contribution in [0.1, 0.15) is 5.56 Å². The molecule has 1 atom stereocenters. The van der Waals surface area contributed by atoms with E-state index in [1.807, 2.05) is 25.6 Å². The van der Waals surface area contributed by atoms with Crippen molar-refractivity contribution >= 4 is 5.95 Å². The van der Waals surface area contributed by atoms with Crippen LogP contribution >= 0.6 is 0 Å².